The predicted octanol–water partition coefficient (Wildman–Crippen LogP) is 5.31. The summed E-state index contributed by atoms with van der Waals surface area (Å²) in [5.74, 6) is -3.09. The average molecular weight is 488 g/mol. The Morgan fingerprint density at radius 3 is 2.31 bits per heavy atom. The molecule has 0 aromatic heterocycles. The highest BCUT2D eigenvalue weighted by Crippen LogP contribution is 2.45. The lowest BCUT2D eigenvalue weighted by molar-refractivity contribution is -0.151. The molecule has 6 nitrogen and oxygen atoms in total. The second-order valence-electron chi connectivity index (χ2n) is 9.65. The molecule has 2 aromatic rings. The van der Waals surface area contributed by atoms with Gasteiger partial charge in [0.15, 0.2) is 5.78 Å². The lowest BCUT2D eigenvalue weighted by Crippen LogP contribution is -2.43. The summed E-state index contributed by atoms with van der Waals surface area (Å²) in [7, 11) is 1.30. The highest BCUT2D eigenvalue weighted by molar-refractivity contribution is 6.12. The van der Waals surface area contributed by atoms with E-state index in [9.17, 15) is 14.4 Å². The summed E-state index contributed by atoms with van der Waals surface area (Å²) in [6.45, 7) is 7.51. The smallest absolute Gasteiger partial charge is 0.337 e. The number of esters is 2. The minimum Gasteiger partial charge on any atom is -0.468 e. The van der Waals surface area contributed by atoms with Gasteiger partial charge >= 0.3 is 11.9 Å². The van der Waals surface area contributed by atoms with Crippen LogP contribution in [0.25, 0.3) is 11.1 Å². The zero-order valence-electron chi connectivity index (χ0n) is 21.5. The van der Waals surface area contributed by atoms with Gasteiger partial charge in [0.2, 0.25) is 0 Å². The van der Waals surface area contributed by atoms with Crippen molar-refractivity contribution in [2.24, 2.45) is 11.8 Å². The van der Waals surface area contributed by atoms with Crippen LogP contribution in [-0.2, 0) is 23.9 Å². The third-order valence-corrected chi connectivity index (χ3v) is 7.20. The number of allylic oxidation sites excluding steroid dienone is 3. The molecular formula is C30H33NO5. The monoisotopic (exact) mass is 487 g/mol. The van der Waals surface area contributed by atoms with Crippen LogP contribution in [0.3, 0.4) is 0 Å². The molecule has 1 aliphatic heterocycles. The van der Waals surface area contributed by atoms with E-state index in [1.165, 1.54) is 7.11 Å². The van der Waals surface area contributed by atoms with Crippen molar-refractivity contribution in [1.82, 2.24) is 5.32 Å². The number of nitrogens with one attached hydrogen (secondary N) is 1. The topological polar surface area (TPSA) is 81.7 Å². The molecular weight excluding hydrogens is 454 g/mol. The first-order chi connectivity index (χ1) is 17.3. The van der Waals surface area contributed by atoms with Crippen molar-refractivity contribution in [3.8, 4) is 11.1 Å². The van der Waals surface area contributed by atoms with E-state index in [1.54, 1.807) is 0 Å². The van der Waals surface area contributed by atoms with Gasteiger partial charge in [0.05, 0.1) is 18.8 Å². The fourth-order valence-corrected chi connectivity index (χ4v) is 5.11. The van der Waals surface area contributed by atoms with Crippen molar-refractivity contribution >= 4 is 17.7 Å². The van der Waals surface area contributed by atoms with E-state index in [0.29, 0.717) is 29.7 Å². The summed E-state index contributed by atoms with van der Waals surface area (Å²) in [5.41, 5.74) is 5.16. The number of dihydropyridines is 1. The lowest BCUT2D eigenvalue weighted by Gasteiger charge is -2.38. The summed E-state index contributed by atoms with van der Waals surface area (Å²) in [5, 5.41) is 3.30. The maximum atomic E-state index is 13.8. The van der Waals surface area contributed by atoms with E-state index in [-0.39, 0.29) is 17.8 Å². The summed E-state index contributed by atoms with van der Waals surface area (Å²) in [4.78, 5) is 39.8. The number of hydrogen-bond acceptors (Lipinski definition) is 6. The van der Waals surface area contributed by atoms with Crippen molar-refractivity contribution in [3.05, 3.63) is 82.7 Å². The molecule has 0 saturated heterocycles. The fraction of sp³-hybridized carbons (Fsp3) is 0.367. The molecule has 4 rings (SSSR count). The van der Waals surface area contributed by atoms with Gasteiger partial charge in [-0.05, 0) is 49.3 Å². The van der Waals surface area contributed by atoms with Crippen LogP contribution in [0, 0.1) is 11.8 Å². The maximum absolute atomic E-state index is 13.8. The molecule has 1 heterocycles. The molecule has 2 aromatic carbocycles. The van der Waals surface area contributed by atoms with Crippen molar-refractivity contribution in [3.63, 3.8) is 0 Å². The van der Waals surface area contributed by atoms with Gasteiger partial charge in [-0.1, -0.05) is 68.4 Å². The van der Waals surface area contributed by atoms with Gasteiger partial charge in [-0.3, -0.25) is 9.59 Å². The first-order valence-corrected chi connectivity index (χ1v) is 12.5. The van der Waals surface area contributed by atoms with Gasteiger partial charge in [-0.15, -0.1) is 0 Å². The molecule has 0 fully saturated rings. The number of benzene rings is 2. The van der Waals surface area contributed by atoms with E-state index >= 15 is 0 Å². The molecule has 0 radical (unpaired) electrons. The van der Waals surface area contributed by atoms with Crippen molar-refractivity contribution in [1.29, 1.82) is 0 Å². The molecule has 6 heteroatoms. The van der Waals surface area contributed by atoms with E-state index in [0.717, 1.165) is 22.4 Å². The first kappa shape index (κ1) is 25.4. The molecule has 1 aliphatic carbocycles. The molecule has 0 saturated carbocycles. The van der Waals surface area contributed by atoms with Crippen molar-refractivity contribution < 1.29 is 23.9 Å². The van der Waals surface area contributed by atoms with Crippen LogP contribution in [0.4, 0.5) is 0 Å². The molecule has 36 heavy (non-hydrogen) atoms. The van der Waals surface area contributed by atoms with E-state index in [4.69, 9.17) is 9.47 Å². The van der Waals surface area contributed by atoms with Gasteiger partial charge in [0, 0.05) is 22.9 Å². The number of ketones is 1. The Morgan fingerprint density at radius 2 is 1.69 bits per heavy atom. The fourth-order valence-electron chi connectivity index (χ4n) is 5.11. The molecule has 0 spiro atoms. The largest absolute Gasteiger partial charge is 0.468 e. The molecule has 0 bridgehead atoms. The second kappa shape index (κ2) is 10.5. The molecule has 188 valence electrons. The molecule has 0 unspecified atom stereocenters. The van der Waals surface area contributed by atoms with Crippen LogP contribution < -0.4 is 5.32 Å². The number of methoxy groups -OCH3 is 1. The Kier molecular flexibility index (Phi) is 7.43. The summed E-state index contributed by atoms with van der Waals surface area (Å²) >= 11 is 0. The summed E-state index contributed by atoms with van der Waals surface area (Å²) in [6.07, 6.45) is 0.917. The Bertz CT molecular complexity index is 1230. The summed E-state index contributed by atoms with van der Waals surface area (Å²) in [6, 6.07) is 17.9. The van der Waals surface area contributed by atoms with Crippen LogP contribution >= 0.6 is 0 Å². The minimum absolute atomic E-state index is 0.223. The van der Waals surface area contributed by atoms with Gasteiger partial charge in [-0.25, -0.2) is 4.79 Å². The third kappa shape index (κ3) is 4.72. The van der Waals surface area contributed by atoms with Gasteiger partial charge < -0.3 is 14.8 Å². The number of carbonyl (C=O) groups excluding carboxylic acids is 3. The van der Waals surface area contributed by atoms with E-state index in [2.05, 4.69) is 5.32 Å². The van der Waals surface area contributed by atoms with Gasteiger partial charge in [0.25, 0.3) is 0 Å². The average Bonchev–Trinajstić information content (AvgIpc) is 2.88. The Balaban J connectivity index is 1.83. The number of hydrogen-bond donors (Lipinski definition) is 1. The van der Waals surface area contributed by atoms with E-state index in [1.807, 2.05) is 82.3 Å². The van der Waals surface area contributed by atoms with Crippen molar-refractivity contribution in [2.75, 3.05) is 7.11 Å². The lowest BCUT2D eigenvalue weighted by atomic mass is 9.69. The van der Waals surface area contributed by atoms with Gasteiger partial charge in [0.1, 0.15) is 5.92 Å². The highest BCUT2D eigenvalue weighted by Gasteiger charge is 2.47. The normalized spacial score (nSPS) is 22.5. The second-order valence-corrected chi connectivity index (χ2v) is 9.65. The molecule has 1 N–H and O–H groups in total. The highest BCUT2D eigenvalue weighted by atomic mass is 16.5. The number of ether oxygens (including phenoxy) is 2. The standard InChI is InChI=1S/C30H33NO5/c1-6-18(3)36-30(34)25-19(4)31-23-16-17(2)24(29(33)35-5)28(32)27(23)26(25)22-14-12-21(13-15-22)20-10-8-7-9-11-20/h7-15,17-18,24,26,31H,6,16H2,1-5H3/t17-,18-,24+,26+/m0/s1. The number of rotatable bonds is 6. The summed E-state index contributed by atoms with van der Waals surface area (Å²) < 4.78 is 10.7. The molecule has 4 atom stereocenters. The minimum atomic E-state index is -0.910. The maximum Gasteiger partial charge on any atom is 0.337 e. The van der Waals surface area contributed by atoms with Crippen molar-refractivity contribution in [2.45, 2.75) is 52.6 Å². The Hall–Kier alpha value is -3.67. The zero-order valence-corrected chi connectivity index (χ0v) is 21.5. The quantitative estimate of drug-likeness (QED) is 0.439. The number of Topliss-reactive ketones (excluding diaryl/α,β-unsaturated/α-hetero) is 1. The predicted molar refractivity (Wildman–Crippen MR) is 138 cm³/mol. The Morgan fingerprint density at radius 1 is 1.06 bits per heavy atom. The first-order valence-electron chi connectivity index (χ1n) is 12.5. The zero-order chi connectivity index (χ0) is 26.0. The van der Waals surface area contributed by atoms with Crippen LogP contribution in [0.5, 0.6) is 0 Å². The molecule has 2 aliphatic rings. The van der Waals surface area contributed by atoms with Crippen LogP contribution in [0.2, 0.25) is 0 Å². The van der Waals surface area contributed by atoms with Crippen LogP contribution in [-0.4, -0.2) is 30.9 Å². The molecule has 0 amide bonds. The van der Waals surface area contributed by atoms with Gasteiger partial charge in [-0.2, -0.15) is 0 Å². The number of carbonyl (C=O) groups is 3. The SMILES string of the molecule is CC[C@H](C)OC(=O)C1=C(C)NC2=C(C(=O)[C@H](C(=O)OC)[C@@H](C)C2)[C@@H]1c1ccc(-c2ccccc2)cc1. The van der Waals surface area contributed by atoms with E-state index < -0.39 is 23.8 Å². The third-order valence-electron chi connectivity index (χ3n) is 7.20. The van der Waals surface area contributed by atoms with Crippen LogP contribution in [0.1, 0.15) is 52.0 Å². The Labute approximate surface area is 212 Å². The van der Waals surface area contributed by atoms with Crippen LogP contribution in [0.15, 0.2) is 77.1 Å².